The number of H-pyrrole nitrogens is 1. The number of aromatic amines is 1. The SMILES string of the molecule is CC[C@@]1(C(=O)O)O[C@H]1C(=O)NC(Cc1cnc[nH]1)C(=O)Nc1nc2ccc(F)cc2s1. The summed E-state index contributed by atoms with van der Waals surface area (Å²) in [7, 11) is 0. The normalized spacial score (nSPS) is 20.9. The van der Waals surface area contributed by atoms with Gasteiger partial charge in [-0.15, -0.1) is 0 Å². The predicted molar refractivity (Wildman–Crippen MR) is 108 cm³/mol. The number of hydrogen-bond donors (Lipinski definition) is 4. The zero-order chi connectivity index (χ0) is 22.2. The van der Waals surface area contributed by atoms with Crippen LogP contribution in [0.5, 0.6) is 0 Å². The van der Waals surface area contributed by atoms with E-state index in [9.17, 15) is 23.9 Å². The number of amides is 2. The summed E-state index contributed by atoms with van der Waals surface area (Å²) >= 11 is 1.09. The largest absolute Gasteiger partial charge is 0.479 e. The molecule has 3 atom stereocenters. The first kappa shape index (κ1) is 20.9. The maximum Gasteiger partial charge on any atom is 0.339 e. The van der Waals surface area contributed by atoms with Gasteiger partial charge in [0.15, 0.2) is 11.2 Å². The van der Waals surface area contributed by atoms with Crippen LogP contribution >= 0.6 is 11.3 Å². The molecule has 0 bridgehead atoms. The smallest absolute Gasteiger partial charge is 0.339 e. The Labute approximate surface area is 178 Å². The number of hydrogen-bond acceptors (Lipinski definition) is 7. The van der Waals surface area contributed by atoms with Gasteiger partial charge in [0.25, 0.3) is 5.91 Å². The monoisotopic (exact) mass is 447 g/mol. The second-order valence-electron chi connectivity index (χ2n) is 7.01. The number of carboxylic acid groups (broad SMARTS) is 1. The van der Waals surface area contributed by atoms with Gasteiger partial charge in [0, 0.05) is 18.3 Å². The van der Waals surface area contributed by atoms with Gasteiger partial charge in [-0.2, -0.15) is 0 Å². The van der Waals surface area contributed by atoms with Gasteiger partial charge < -0.3 is 25.5 Å². The highest BCUT2D eigenvalue weighted by atomic mass is 32.1. The molecule has 1 aliphatic rings. The molecule has 3 heterocycles. The van der Waals surface area contributed by atoms with Gasteiger partial charge in [-0.05, 0) is 24.6 Å². The maximum absolute atomic E-state index is 13.4. The fourth-order valence-electron chi connectivity index (χ4n) is 3.24. The molecule has 4 N–H and O–H groups in total. The Morgan fingerprint density at radius 1 is 1.42 bits per heavy atom. The van der Waals surface area contributed by atoms with E-state index in [0.717, 1.165) is 11.3 Å². The van der Waals surface area contributed by atoms with Crippen molar-refractivity contribution in [3.63, 3.8) is 0 Å². The molecule has 0 spiro atoms. The second-order valence-corrected chi connectivity index (χ2v) is 8.04. The van der Waals surface area contributed by atoms with E-state index in [2.05, 4.69) is 25.6 Å². The molecule has 3 aromatic rings. The molecule has 31 heavy (non-hydrogen) atoms. The minimum atomic E-state index is -1.57. The summed E-state index contributed by atoms with van der Waals surface area (Å²) in [5, 5.41) is 14.7. The molecule has 10 nitrogen and oxygen atoms in total. The summed E-state index contributed by atoms with van der Waals surface area (Å²) in [4.78, 5) is 47.9. The number of nitrogens with zero attached hydrogens (tertiary/aromatic N) is 2. The lowest BCUT2D eigenvalue weighted by Gasteiger charge is -2.17. The summed E-state index contributed by atoms with van der Waals surface area (Å²) < 4.78 is 19.1. The van der Waals surface area contributed by atoms with E-state index >= 15 is 0 Å². The van der Waals surface area contributed by atoms with E-state index in [1.54, 1.807) is 6.92 Å². The number of ether oxygens (including phenoxy) is 1. The summed E-state index contributed by atoms with van der Waals surface area (Å²) in [5.74, 6) is -2.91. The predicted octanol–water partition coefficient (Wildman–Crippen LogP) is 1.46. The van der Waals surface area contributed by atoms with Gasteiger partial charge in [-0.25, -0.2) is 19.2 Å². The Kier molecular flexibility index (Phi) is 5.41. The van der Waals surface area contributed by atoms with Crippen LogP contribution < -0.4 is 10.6 Å². The number of carboxylic acids is 1. The fourth-order valence-corrected chi connectivity index (χ4v) is 4.14. The highest BCUT2D eigenvalue weighted by Gasteiger charge is 2.65. The molecule has 1 aromatic carbocycles. The van der Waals surface area contributed by atoms with Crippen molar-refractivity contribution in [3.8, 4) is 0 Å². The van der Waals surface area contributed by atoms with Crippen LogP contribution in [0, 0.1) is 5.82 Å². The summed E-state index contributed by atoms with van der Waals surface area (Å²) in [5.41, 5.74) is -0.462. The third kappa shape index (κ3) is 4.11. The van der Waals surface area contributed by atoms with Crippen molar-refractivity contribution < 1.29 is 28.6 Å². The van der Waals surface area contributed by atoms with Crippen LogP contribution in [0.25, 0.3) is 10.2 Å². The van der Waals surface area contributed by atoms with Crippen LogP contribution in [-0.2, 0) is 25.5 Å². The molecule has 0 aliphatic carbocycles. The van der Waals surface area contributed by atoms with E-state index in [4.69, 9.17) is 4.74 Å². The number of carbonyl (C=O) groups excluding carboxylic acids is 2. The first-order valence-electron chi connectivity index (χ1n) is 9.38. The van der Waals surface area contributed by atoms with Gasteiger partial charge in [-0.3, -0.25) is 9.59 Å². The molecule has 4 rings (SSSR count). The Morgan fingerprint density at radius 3 is 2.87 bits per heavy atom. The number of imidazole rings is 1. The van der Waals surface area contributed by atoms with E-state index in [0.29, 0.717) is 15.9 Å². The van der Waals surface area contributed by atoms with Crippen molar-refractivity contribution in [2.75, 3.05) is 5.32 Å². The number of nitrogens with one attached hydrogen (secondary N) is 3. The standard InChI is InChI=1S/C19H18FN5O5S/c1-2-19(17(28)29)14(30-19)16(27)23-12(6-10-7-21-8-22-10)15(26)25-18-24-11-4-3-9(20)5-13(11)31-18/h3-5,7-8,12,14H,2,6H2,1H3,(H,21,22)(H,23,27)(H,28,29)(H,24,25,26)/t12?,14-,19+/m0/s1. The number of anilines is 1. The zero-order valence-corrected chi connectivity index (χ0v) is 17.0. The molecule has 12 heteroatoms. The minimum absolute atomic E-state index is 0.0794. The topological polar surface area (TPSA) is 150 Å². The van der Waals surface area contributed by atoms with Gasteiger partial charge >= 0.3 is 5.97 Å². The molecule has 1 aliphatic heterocycles. The number of thiazole rings is 1. The van der Waals surface area contributed by atoms with Crippen molar-refractivity contribution in [3.05, 3.63) is 42.2 Å². The molecule has 162 valence electrons. The van der Waals surface area contributed by atoms with Gasteiger partial charge in [0.2, 0.25) is 11.5 Å². The lowest BCUT2D eigenvalue weighted by molar-refractivity contribution is -0.143. The highest BCUT2D eigenvalue weighted by Crippen LogP contribution is 2.40. The Hall–Kier alpha value is -3.38. The second kappa shape index (κ2) is 8.04. The number of fused-ring (bicyclic) bond motifs is 1. The number of epoxide rings is 1. The first-order chi connectivity index (χ1) is 14.8. The van der Waals surface area contributed by atoms with Crippen molar-refractivity contribution in [2.45, 2.75) is 37.5 Å². The average molecular weight is 447 g/mol. The van der Waals surface area contributed by atoms with Gasteiger partial charge in [-0.1, -0.05) is 18.3 Å². The van der Waals surface area contributed by atoms with Crippen molar-refractivity contribution >= 4 is 44.5 Å². The number of aliphatic carboxylic acids is 1. The van der Waals surface area contributed by atoms with Gasteiger partial charge in [0.05, 0.1) is 16.5 Å². The molecule has 1 saturated heterocycles. The van der Waals surface area contributed by atoms with Crippen molar-refractivity contribution in [2.24, 2.45) is 0 Å². The molecule has 1 fully saturated rings. The summed E-state index contributed by atoms with van der Waals surface area (Å²) in [6, 6.07) is 3.03. The lowest BCUT2D eigenvalue weighted by atomic mass is 10.0. The molecule has 2 aromatic heterocycles. The van der Waals surface area contributed by atoms with E-state index < -0.39 is 41.3 Å². The van der Waals surface area contributed by atoms with Crippen LogP contribution in [0.15, 0.2) is 30.7 Å². The van der Waals surface area contributed by atoms with Crippen LogP contribution in [0.4, 0.5) is 9.52 Å². The molecule has 1 unspecified atom stereocenters. The Morgan fingerprint density at radius 2 is 2.23 bits per heavy atom. The van der Waals surface area contributed by atoms with E-state index in [-0.39, 0.29) is 18.0 Å². The fraction of sp³-hybridized carbons (Fsp3) is 0.316. The Bertz CT molecular complexity index is 1150. The Balaban J connectivity index is 1.50. The van der Waals surface area contributed by atoms with Gasteiger partial charge in [0.1, 0.15) is 11.9 Å². The zero-order valence-electron chi connectivity index (χ0n) is 16.2. The van der Waals surface area contributed by atoms with Crippen LogP contribution in [0.2, 0.25) is 0 Å². The van der Waals surface area contributed by atoms with E-state index in [1.165, 1.54) is 30.7 Å². The summed E-state index contributed by atoms with van der Waals surface area (Å²) in [6.45, 7) is 1.60. The molecule has 0 saturated carbocycles. The number of rotatable bonds is 8. The van der Waals surface area contributed by atoms with Crippen LogP contribution in [-0.4, -0.2) is 55.6 Å². The first-order valence-corrected chi connectivity index (χ1v) is 10.2. The van der Waals surface area contributed by atoms with Crippen molar-refractivity contribution in [1.82, 2.24) is 20.3 Å². The maximum atomic E-state index is 13.4. The number of aromatic nitrogens is 3. The number of carbonyl (C=O) groups is 3. The quantitative estimate of drug-likeness (QED) is 0.382. The molecule has 0 radical (unpaired) electrons. The molecular formula is C19H18FN5O5S. The van der Waals surface area contributed by atoms with Crippen LogP contribution in [0.3, 0.4) is 0 Å². The molecular weight excluding hydrogens is 429 g/mol. The van der Waals surface area contributed by atoms with Crippen molar-refractivity contribution in [1.29, 1.82) is 0 Å². The molecule has 2 amide bonds. The van der Waals surface area contributed by atoms with E-state index in [1.807, 2.05) is 0 Å². The third-order valence-corrected chi connectivity index (χ3v) is 5.95. The third-order valence-electron chi connectivity index (χ3n) is 5.01. The van der Waals surface area contributed by atoms with Crippen LogP contribution in [0.1, 0.15) is 19.0 Å². The lowest BCUT2D eigenvalue weighted by Crippen LogP contribution is -2.48. The number of benzene rings is 1. The summed E-state index contributed by atoms with van der Waals surface area (Å²) in [6.07, 6.45) is 1.95. The highest BCUT2D eigenvalue weighted by molar-refractivity contribution is 7.22. The average Bonchev–Trinajstić information content (AvgIpc) is 3.04. The minimum Gasteiger partial charge on any atom is -0.479 e. The number of halogens is 1.